The van der Waals surface area contributed by atoms with E-state index in [-0.39, 0.29) is 48.9 Å². The van der Waals surface area contributed by atoms with Crippen LogP contribution in [0.5, 0.6) is 0 Å². The first kappa shape index (κ1) is 34.3. The van der Waals surface area contributed by atoms with Gasteiger partial charge in [0.15, 0.2) is 5.82 Å². The maximum Gasteiger partial charge on any atom is 0.243 e. The fourth-order valence-electron chi connectivity index (χ4n) is 6.01. The summed E-state index contributed by atoms with van der Waals surface area (Å²) in [6.07, 6.45) is 5.13. The predicted molar refractivity (Wildman–Crippen MR) is 180 cm³/mol. The molecule has 4 amide bonds. The molecule has 254 valence electrons. The van der Waals surface area contributed by atoms with Crippen LogP contribution in [0.2, 0.25) is 0 Å². The van der Waals surface area contributed by atoms with Crippen molar-refractivity contribution in [2.75, 3.05) is 19.6 Å². The number of hydrogen-bond donors (Lipinski definition) is 3. The number of rotatable bonds is 5. The van der Waals surface area contributed by atoms with Crippen molar-refractivity contribution in [3.8, 4) is 0 Å². The molecule has 0 fully saturated rings. The lowest BCUT2D eigenvalue weighted by atomic mass is 10.0. The molecule has 13 heteroatoms. The van der Waals surface area contributed by atoms with Crippen LogP contribution in [0.3, 0.4) is 0 Å². The molecule has 0 unspecified atom stereocenters. The van der Waals surface area contributed by atoms with E-state index in [2.05, 4.69) is 31.0 Å². The summed E-state index contributed by atoms with van der Waals surface area (Å²) in [6.45, 7) is 8.66. The van der Waals surface area contributed by atoms with Gasteiger partial charge in [-0.2, -0.15) is 5.10 Å². The number of aromatic nitrogens is 5. The third-order valence-corrected chi connectivity index (χ3v) is 8.53. The van der Waals surface area contributed by atoms with Gasteiger partial charge < -0.3 is 25.3 Å². The van der Waals surface area contributed by atoms with E-state index in [4.69, 9.17) is 0 Å². The molecular formula is C35H45N9O4. The zero-order valence-corrected chi connectivity index (χ0v) is 28.1. The van der Waals surface area contributed by atoms with E-state index in [1.54, 1.807) is 18.0 Å². The number of carbonyl (C=O) groups excluding carboxylic acids is 4. The van der Waals surface area contributed by atoms with E-state index in [1.165, 1.54) is 4.68 Å². The normalized spacial score (nSPS) is 18.9. The van der Waals surface area contributed by atoms with Crippen molar-refractivity contribution in [2.24, 2.45) is 5.92 Å². The number of amides is 4. The van der Waals surface area contributed by atoms with E-state index in [9.17, 15) is 19.2 Å². The summed E-state index contributed by atoms with van der Waals surface area (Å²) in [7, 11) is 0. The van der Waals surface area contributed by atoms with Gasteiger partial charge in [-0.05, 0) is 49.8 Å². The molecule has 0 spiro atoms. The highest BCUT2D eigenvalue weighted by molar-refractivity contribution is 5.88. The van der Waals surface area contributed by atoms with Crippen LogP contribution in [0.15, 0.2) is 54.9 Å². The third-order valence-electron chi connectivity index (χ3n) is 8.53. The molecule has 1 aliphatic rings. The van der Waals surface area contributed by atoms with Crippen LogP contribution in [0.25, 0.3) is 5.65 Å². The van der Waals surface area contributed by atoms with Crippen molar-refractivity contribution in [3.05, 3.63) is 83.3 Å². The molecule has 3 N–H and O–H groups in total. The molecule has 0 saturated carbocycles. The number of imidazole rings is 1. The van der Waals surface area contributed by atoms with E-state index in [1.807, 2.05) is 73.8 Å². The van der Waals surface area contributed by atoms with Crippen molar-refractivity contribution in [2.45, 2.75) is 78.4 Å². The molecule has 1 aliphatic heterocycles. The number of nitrogens with zero attached hydrogens (tertiary/aromatic N) is 6. The lowest BCUT2D eigenvalue weighted by Crippen LogP contribution is -2.50. The minimum Gasteiger partial charge on any atom is -0.354 e. The van der Waals surface area contributed by atoms with Crippen molar-refractivity contribution in [1.82, 2.24) is 45.0 Å². The van der Waals surface area contributed by atoms with E-state index in [0.717, 1.165) is 22.5 Å². The van der Waals surface area contributed by atoms with Crippen LogP contribution in [-0.2, 0) is 38.6 Å². The summed E-state index contributed by atoms with van der Waals surface area (Å²) < 4.78 is 3.45. The first-order valence-electron chi connectivity index (χ1n) is 16.6. The molecular weight excluding hydrogens is 610 g/mol. The highest BCUT2D eigenvalue weighted by atomic mass is 16.2. The molecule has 1 aromatic carbocycles. The van der Waals surface area contributed by atoms with Gasteiger partial charge in [0.2, 0.25) is 23.6 Å². The van der Waals surface area contributed by atoms with E-state index in [0.29, 0.717) is 50.5 Å². The van der Waals surface area contributed by atoms with Gasteiger partial charge in [0, 0.05) is 44.9 Å². The van der Waals surface area contributed by atoms with Crippen LogP contribution in [0.1, 0.15) is 67.6 Å². The summed E-state index contributed by atoms with van der Waals surface area (Å²) in [4.78, 5) is 64.6. The number of pyridine rings is 1. The van der Waals surface area contributed by atoms with Crippen LogP contribution in [0.4, 0.5) is 0 Å². The SMILES string of the molecule is Cc1nc2n(n1)CC(=O)NCCCN(C(=O)Cc1cnc3c(C)cccn13)CCCC(=O)N[C@H](Cc1ccccc1)C(=O)N[C@H]2C(C)C. The summed E-state index contributed by atoms with van der Waals surface area (Å²) >= 11 is 0. The average Bonchev–Trinajstić information content (AvgIpc) is 3.63. The number of fused-ring (bicyclic) bond motifs is 2. The second-order valence-corrected chi connectivity index (χ2v) is 12.7. The molecule has 0 radical (unpaired) electrons. The van der Waals surface area contributed by atoms with Gasteiger partial charge in [-0.3, -0.25) is 19.2 Å². The van der Waals surface area contributed by atoms with Crippen LogP contribution < -0.4 is 16.0 Å². The largest absolute Gasteiger partial charge is 0.354 e. The molecule has 4 heterocycles. The Bertz CT molecular complexity index is 1750. The minimum absolute atomic E-state index is 0.0736. The number of carbonyl (C=O) groups is 4. The summed E-state index contributed by atoms with van der Waals surface area (Å²) in [5, 5.41) is 13.4. The number of aryl methyl sites for hydroxylation is 2. The van der Waals surface area contributed by atoms with E-state index < -0.39 is 12.1 Å². The Morgan fingerprint density at radius 3 is 2.52 bits per heavy atom. The number of nitrogens with one attached hydrogen (secondary N) is 3. The monoisotopic (exact) mass is 655 g/mol. The highest BCUT2D eigenvalue weighted by Gasteiger charge is 2.30. The maximum absolute atomic E-state index is 13.8. The first-order chi connectivity index (χ1) is 23.1. The molecule has 3 aromatic heterocycles. The van der Waals surface area contributed by atoms with Gasteiger partial charge in [-0.15, -0.1) is 0 Å². The Labute approximate surface area is 280 Å². The smallest absolute Gasteiger partial charge is 0.243 e. The molecule has 5 rings (SSSR count). The summed E-state index contributed by atoms with van der Waals surface area (Å²) in [6, 6.07) is 12.0. The van der Waals surface area contributed by atoms with Gasteiger partial charge in [-0.1, -0.05) is 50.2 Å². The van der Waals surface area contributed by atoms with Crippen molar-refractivity contribution < 1.29 is 19.2 Å². The lowest BCUT2D eigenvalue weighted by molar-refractivity contribution is -0.131. The van der Waals surface area contributed by atoms with Gasteiger partial charge >= 0.3 is 0 Å². The van der Waals surface area contributed by atoms with Gasteiger partial charge in [-0.25, -0.2) is 14.6 Å². The Morgan fingerprint density at radius 1 is 0.979 bits per heavy atom. The Morgan fingerprint density at radius 2 is 1.75 bits per heavy atom. The fourth-order valence-corrected chi connectivity index (χ4v) is 6.01. The van der Waals surface area contributed by atoms with Crippen LogP contribution in [0, 0.1) is 19.8 Å². The highest BCUT2D eigenvalue weighted by Crippen LogP contribution is 2.21. The van der Waals surface area contributed by atoms with Crippen LogP contribution in [-0.4, -0.2) is 78.4 Å². The molecule has 0 bridgehead atoms. The molecule has 2 atom stereocenters. The van der Waals surface area contributed by atoms with Crippen molar-refractivity contribution >= 4 is 29.3 Å². The zero-order chi connectivity index (χ0) is 34.2. The average molecular weight is 656 g/mol. The Kier molecular flexibility index (Phi) is 11.2. The quantitative estimate of drug-likeness (QED) is 0.298. The third kappa shape index (κ3) is 8.64. The number of hydrogen-bond acceptors (Lipinski definition) is 7. The van der Waals surface area contributed by atoms with Crippen molar-refractivity contribution in [3.63, 3.8) is 0 Å². The molecule has 0 saturated heterocycles. The number of benzene rings is 1. The van der Waals surface area contributed by atoms with Gasteiger partial charge in [0.05, 0.1) is 18.2 Å². The molecule has 0 aliphatic carbocycles. The molecule has 48 heavy (non-hydrogen) atoms. The Balaban J connectivity index is 1.37. The minimum atomic E-state index is -0.850. The lowest BCUT2D eigenvalue weighted by Gasteiger charge is -2.26. The maximum atomic E-state index is 13.8. The zero-order valence-electron chi connectivity index (χ0n) is 28.1. The van der Waals surface area contributed by atoms with Crippen LogP contribution >= 0.6 is 0 Å². The molecule has 13 nitrogen and oxygen atoms in total. The molecule has 4 aromatic rings. The summed E-state index contributed by atoms with van der Waals surface area (Å²) in [5.74, 6) is -0.101. The topological polar surface area (TPSA) is 156 Å². The first-order valence-corrected chi connectivity index (χ1v) is 16.6. The summed E-state index contributed by atoms with van der Waals surface area (Å²) in [5.41, 5.74) is 3.49. The van der Waals surface area contributed by atoms with Gasteiger partial charge in [0.1, 0.15) is 24.1 Å². The van der Waals surface area contributed by atoms with Crippen molar-refractivity contribution in [1.29, 1.82) is 0 Å². The fraction of sp³-hybridized carbons (Fsp3) is 0.457. The second-order valence-electron chi connectivity index (χ2n) is 12.7. The second kappa shape index (κ2) is 15.7. The van der Waals surface area contributed by atoms with E-state index >= 15 is 0 Å². The Hall–Kier alpha value is -5.07. The predicted octanol–water partition coefficient (Wildman–Crippen LogP) is 2.45. The van der Waals surface area contributed by atoms with Gasteiger partial charge in [0.25, 0.3) is 0 Å². The standard InChI is InChI=1S/C35H45N9O4/c1-23(2)32-34-38-25(4)41-44(34)22-30(46)36-15-10-17-42(31(47)20-27-21-37-33-24(3)11-8-18-43(27)33)16-9-14-29(45)39-28(35(48)40-32)19-26-12-6-5-7-13-26/h5-8,11-13,18,21,23,28,32H,9-10,14-17,19-20,22H2,1-4H3,(H,36,46)(H,39,45)(H,40,48)/t28-,32+/m1/s1.